The molecular formula is C18H22ClNO. The van der Waals surface area contributed by atoms with Crippen molar-refractivity contribution in [2.45, 2.75) is 25.0 Å². The summed E-state index contributed by atoms with van der Waals surface area (Å²) in [5, 5.41) is 3.39. The second-order valence-electron chi connectivity index (χ2n) is 5.29. The molecule has 21 heavy (non-hydrogen) atoms. The number of halogens is 1. The van der Waals surface area contributed by atoms with Crippen molar-refractivity contribution < 1.29 is 4.74 Å². The first kappa shape index (κ1) is 16.0. The highest BCUT2D eigenvalue weighted by molar-refractivity contribution is 5.85. The average Bonchev–Trinajstić information content (AvgIpc) is 2.55. The zero-order valence-corrected chi connectivity index (χ0v) is 12.9. The SMILES string of the molecule is Cl.c1ccc(C(OC2CCNCC2)c2ccccc2)cc1. The molecule has 0 unspecified atom stereocenters. The Hall–Kier alpha value is -1.35. The molecule has 0 spiro atoms. The van der Waals surface area contributed by atoms with Crippen LogP contribution in [0.5, 0.6) is 0 Å². The molecule has 2 nitrogen and oxygen atoms in total. The first-order chi connectivity index (χ1) is 9.93. The van der Waals surface area contributed by atoms with Gasteiger partial charge in [0.15, 0.2) is 0 Å². The van der Waals surface area contributed by atoms with E-state index in [0.717, 1.165) is 25.9 Å². The first-order valence-electron chi connectivity index (χ1n) is 7.39. The van der Waals surface area contributed by atoms with Crippen molar-refractivity contribution in [3.05, 3.63) is 71.8 Å². The van der Waals surface area contributed by atoms with Crippen LogP contribution < -0.4 is 5.32 Å². The maximum absolute atomic E-state index is 6.42. The van der Waals surface area contributed by atoms with Crippen LogP contribution in [0.25, 0.3) is 0 Å². The normalized spacial score (nSPS) is 15.7. The molecule has 112 valence electrons. The highest BCUT2D eigenvalue weighted by Crippen LogP contribution is 2.28. The Labute approximate surface area is 132 Å². The van der Waals surface area contributed by atoms with Crippen molar-refractivity contribution in [2.24, 2.45) is 0 Å². The lowest BCUT2D eigenvalue weighted by Gasteiger charge is -2.28. The smallest absolute Gasteiger partial charge is 0.108 e. The lowest BCUT2D eigenvalue weighted by atomic mass is 10.0. The summed E-state index contributed by atoms with van der Waals surface area (Å²) in [4.78, 5) is 0. The lowest BCUT2D eigenvalue weighted by molar-refractivity contribution is -0.00805. The third-order valence-corrected chi connectivity index (χ3v) is 3.82. The van der Waals surface area contributed by atoms with Crippen LogP contribution in [0.3, 0.4) is 0 Å². The van der Waals surface area contributed by atoms with Crippen LogP contribution in [-0.2, 0) is 4.74 Å². The lowest BCUT2D eigenvalue weighted by Crippen LogP contribution is -2.33. The maximum atomic E-state index is 6.42. The molecule has 0 bridgehead atoms. The number of ether oxygens (including phenoxy) is 1. The Kier molecular flexibility index (Phi) is 6.24. The Balaban J connectivity index is 0.00000161. The average molecular weight is 304 g/mol. The number of benzene rings is 2. The van der Waals surface area contributed by atoms with Gasteiger partial charge in [-0.05, 0) is 37.1 Å². The molecule has 1 N–H and O–H groups in total. The monoisotopic (exact) mass is 303 g/mol. The van der Waals surface area contributed by atoms with Crippen LogP contribution in [0.2, 0.25) is 0 Å². The van der Waals surface area contributed by atoms with Crippen LogP contribution >= 0.6 is 12.4 Å². The number of rotatable bonds is 4. The molecule has 0 aromatic heterocycles. The van der Waals surface area contributed by atoms with E-state index in [0.29, 0.717) is 6.10 Å². The topological polar surface area (TPSA) is 21.3 Å². The van der Waals surface area contributed by atoms with Gasteiger partial charge < -0.3 is 10.1 Å². The van der Waals surface area contributed by atoms with Gasteiger partial charge in [-0.15, -0.1) is 12.4 Å². The van der Waals surface area contributed by atoms with Gasteiger partial charge in [-0.3, -0.25) is 0 Å². The summed E-state index contributed by atoms with van der Waals surface area (Å²) in [5.41, 5.74) is 2.47. The van der Waals surface area contributed by atoms with Crippen molar-refractivity contribution in [2.75, 3.05) is 13.1 Å². The van der Waals surface area contributed by atoms with E-state index in [9.17, 15) is 0 Å². The Morgan fingerprint density at radius 1 is 0.810 bits per heavy atom. The van der Waals surface area contributed by atoms with Crippen molar-refractivity contribution in [1.29, 1.82) is 0 Å². The Morgan fingerprint density at radius 2 is 1.29 bits per heavy atom. The van der Waals surface area contributed by atoms with Gasteiger partial charge in [-0.2, -0.15) is 0 Å². The molecule has 3 heteroatoms. The fourth-order valence-corrected chi connectivity index (χ4v) is 2.73. The molecular weight excluding hydrogens is 282 g/mol. The minimum Gasteiger partial charge on any atom is -0.365 e. The van der Waals surface area contributed by atoms with E-state index in [-0.39, 0.29) is 18.5 Å². The van der Waals surface area contributed by atoms with Gasteiger partial charge in [-0.1, -0.05) is 60.7 Å². The molecule has 1 heterocycles. The fraction of sp³-hybridized carbons (Fsp3) is 0.333. The van der Waals surface area contributed by atoms with Crippen LogP contribution in [0.4, 0.5) is 0 Å². The zero-order chi connectivity index (χ0) is 13.6. The zero-order valence-electron chi connectivity index (χ0n) is 12.1. The van der Waals surface area contributed by atoms with Gasteiger partial charge in [0.05, 0.1) is 6.10 Å². The minimum atomic E-state index is 0. The number of hydrogen-bond acceptors (Lipinski definition) is 2. The molecule has 0 radical (unpaired) electrons. The van der Waals surface area contributed by atoms with Gasteiger partial charge in [0, 0.05) is 0 Å². The van der Waals surface area contributed by atoms with Gasteiger partial charge in [-0.25, -0.2) is 0 Å². The molecule has 3 rings (SSSR count). The highest BCUT2D eigenvalue weighted by Gasteiger charge is 2.21. The highest BCUT2D eigenvalue weighted by atomic mass is 35.5. The summed E-state index contributed by atoms with van der Waals surface area (Å²) in [5.74, 6) is 0. The summed E-state index contributed by atoms with van der Waals surface area (Å²) >= 11 is 0. The summed E-state index contributed by atoms with van der Waals surface area (Å²) in [6, 6.07) is 21.0. The molecule has 2 aromatic rings. The summed E-state index contributed by atoms with van der Waals surface area (Å²) in [6.45, 7) is 2.11. The largest absolute Gasteiger partial charge is 0.365 e. The number of hydrogen-bond donors (Lipinski definition) is 1. The van der Waals surface area contributed by atoms with Crippen LogP contribution in [0.15, 0.2) is 60.7 Å². The molecule has 1 saturated heterocycles. The van der Waals surface area contributed by atoms with E-state index in [1.54, 1.807) is 0 Å². The maximum Gasteiger partial charge on any atom is 0.108 e. The standard InChI is InChI=1S/C18H21NO.ClH/c1-3-7-15(8-4-1)18(16-9-5-2-6-10-16)20-17-11-13-19-14-12-17;/h1-10,17-19H,11-14H2;1H. The molecule has 0 amide bonds. The predicted octanol–water partition coefficient (Wildman–Crippen LogP) is 3.97. The first-order valence-corrected chi connectivity index (χ1v) is 7.39. The third kappa shape index (κ3) is 4.31. The van der Waals surface area contributed by atoms with Gasteiger partial charge in [0.2, 0.25) is 0 Å². The van der Waals surface area contributed by atoms with Gasteiger partial charge in [0.25, 0.3) is 0 Å². The van der Waals surface area contributed by atoms with Crippen LogP contribution in [0, 0.1) is 0 Å². The van der Waals surface area contributed by atoms with Gasteiger partial charge in [0.1, 0.15) is 6.10 Å². The second kappa shape index (κ2) is 8.18. The van der Waals surface area contributed by atoms with Crippen molar-refractivity contribution in [3.8, 4) is 0 Å². The quantitative estimate of drug-likeness (QED) is 0.923. The number of nitrogens with one attached hydrogen (secondary N) is 1. The molecule has 0 aliphatic carbocycles. The fourth-order valence-electron chi connectivity index (χ4n) is 2.73. The third-order valence-electron chi connectivity index (χ3n) is 3.82. The van der Waals surface area contributed by atoms with Crippen molar-refractivity contribution in [1.82, 2.24) is 5.32 Å². The molecule has 0 atom stereocenters. The number of piperidine rings is 1. The van der Waals surface area contributed by atoms with Crippen molar-refractivity contribution in [3.63, 3.8) is 0 Å². The summed E-state index contributed by atoms with van der Waals surface area (Å²) in [7, 11) is 0. The second-order valence-corrected chi connectivity index (χ2v) is 5.29. The molecule has 1 aliphatic rings. The van der Waals surface area contributed by atoms with E-state index in [2.05, 4.69) is 66.0 Å². The molecule has 2 aromatic carbocycles. The van der Waals surface area contributed by atoms with Gasteiger partial charge >= 0.3 is 0 Å². The summed E-state index contributed by atoms with van der Waals surface area (Å²) in [6.07, 6.45) is 2.58. The Morgan fingerprint density at radius 3 is 1.76 bits per heavy atom. The molecule has 1 aliphatic heterocycles. The van der Waals surface area contributed by atoms with E-state index >= 15 is 0 Å². The van der Waals surface area contributed by atoms with Crippen LogP contribution in [0.1, 0.15) is 30.1 Å². The van der Waals surface area contributed by atoms with E-state index in [4.69, 9.17) is 4.74 Å². The van der Waals surface area contributed by atoms with E-state index in [1.165, 1.54) is 11.1 Å². The van der Waals surface area contributed by atoms with E-state index in [1.807, 2.05) is 0 Å². The van der Waals surface area contributed by atoms with Crippen LogP contribution in [-0.4, -0.2) is 19.2 Å². The Bertz CT molecular complexity index is 472. The van der Waals surface area contributed by atoms with E-state index < -0.39 is 0 Å². The molecule has 0 saturated carbocycles. The summed E-state index contributed by atoms with van der Waals surface area (Å²) < 4.78 is 6.42. The predicted molar refractivity (Wildman–Crippen MR) is 89.0 cm³/mol. The van der Waals surface area contributed by atoms with Crippen molar-refractivity contribution >= 4 is 12.4 Å². The molecule has 1 fully saturated rings. The minimum absolute atomic E-state index is 0.